The van der Waals surface area contributed by atoms with Gasteiger partial charge in [0, 0.05) is 31.1 Å². The Balaban J connectivity index is 1.70. The van der Waals surface area contributed by atoms with E-state index in [0.29, 0.717) is 5.41 Å². The van der Waals surface area contributed by atoms with Crippen LogP contribution in [-0.4, -0.2) is 7.05 Å². The smallest absolute Gasteiger partial charge is 0.0337 e. The van der Waals surface area contributed by atoms with Crippen LogP contribution in [0.25, 0.3) is 0 Å². The molecule has 2 N–H and O–H groups in total. The quantitative estimate of drug-likeness (QED) is 0.472. The van der Waals surface area contributed by atoms with Gasteiger partial charge in [0.25, 0.3) is 0 Å². The Morgan fingerprint density at radius 1 is 1.35 bits per heavy atom. The molecule has 2 fully saturated rings. The number of hydrogen-bond acceptors (Lipinski definition) is 2. The van der Waals surface area contributed by atoms with Gasteiger partial charge >= 0.3 is 0 Å². The Morgan fingerprint density at radius 2 is 2.09 bits per heavy atom. The van der Waals surface area contributed by atoms with Crippen molar-refractivity contribution in [2.24, 2.45) is 11.3 Å². The first-order valence-electron chi connectivity index (χ1n) is 8.40. The summed E-state index contributed by atoms with van der Waals surface area (Å²) < 4.78 is 0. The maximum absolute atomic E-state index is 4.04. The average molecular weight is 306 g/mol. The minimum atomic E-state index is 0.663. The maximum atomic E-state index is 4.04. The van der Waals surface area contributed by atoms with Crippen molar-refractivity contribution in [2.75, 3.05) is 7.05 Å². The zero-order valence-corrected chi connectivity index (χ0v) is 14.4. The van der Waals surface area contributed by atoms with Gasteiger partial charge in [-0.15, -0.1) is 0 Å². The van der Waals surface area contributed by atoms with E-state index in [1.807, 2.05) is 14.0 Å². The van der Waals surface area contributed by atoms with Crippen LogP contribution in [0.15, 0.2) is 47.7 Å². The van der Waals surface area contributed by atoms with Crippen molar-refractivity contribution < 1.29 is 0 Å². The fourth-order valence-corrected chi connectivity index (χ4v) is 3.06. The molecule has 0 radical (unpaired) electrons. The molecule has 2 heteroatoms. The first kappa shape index (κ1) is 15.9. The van der Waals surface area contributed by atoms with Gasteiger partial charge in [0.15, 0.2) is 0 Å². The predicted octanol–water partition coefficient (Wildman–Crippen LogP) is 3.95. The summed E-state index contributed by atoms with van der Waals surface area (Å²) in [6.07, 6.45) is 4.78. The van der Waals surface area contributed by atoms with Crippen LogP contribution in [0, 0.1) is 23.2 Å². The lowest BCUT2D eigenvalue weighted by molar-refractivity contribution is 0.665. The van der Waals surface area contributed by atoms with Crippen molar-refractivity contribution in [3.63, 3.8) is 0 Å². The summed E-state index contributed by atoms with van der Waals surface area (Å²) >= 11 is 0. The molecule has 23 heavy (non-hydrogen) atoms. The highest BCUT2D eigenvalue weighted by molar-refractivity contribution is 5.40. The average Bonchev–Trinajstić information content (AvgIpc) is 3.36. The maximum Gasteiger partial charge on any atom is 0.0337 e. The van der Waals surface area contributed by atoms with Crippen molar-refractivity contribution in [1.82, 2.24) is 10.9 Å². The number of hydrazine groups is 1. The molecular weight excluding hydrogens is 280 g/mol. The molecule has 0 unspecified atom stereocenters. The molecule has 0 saturated heterocycles. The molecule has 0 amide bonds. The van der Waals surface area contributed by atoms with Crippen molar-refractivity contribution in [3.8, 4) is 11.8 Å². The van der Waals surface area contributed by atoms with Crippen LogP contribution in [0.4, 0.5) is 0 Å². The summed E-state index contributed by atoms with van der Waals surface area (Å²) in [5, 5.41) is 0. The van der Waals surface area contributed by atoms with Gasteiger partial charge in [-0.2, -0.15) is 0 Å². The Hall–Kier alpha value is -1.98. The van der Waals surface area contributed by atoms with Crippen molar-refractivity contribution in [1.29, 1.82) is 0 Å². The van der Waals surface area contributed by atoms with E-state index in [4.69, 9.17) is 0 Å². The van der Waals surface area contributed by atoms with Crippen LogP contribution >= 0.6 is 0 Å². The lowest BCUT2D eigenvalue weighted by Crippen LogP contribution is -2.29. The number of allylic oxidation sites excluding steroid dienone is 3. The zero-order valence-electron chi connectivity index (χ0n) is 14.4. The number of benzene rings is 1. The second-order valence-electron chi connectivity index (χ2n) is 7.08. The third kappa shape index (κ3) is 3.68. The van der Waals surface area contributed by atoms with Crippen molar-refractivity contribution in [2.45, 2.75) is 39.5 Å². The molecule has 0 aliphatic heterocycles. The minimum absolute atomic E-state index is 0.663. The summed E-state index contributed by atoms with van der Waals surface area (Å²) in [5.41, 5.74) is 12.8. The second-order valence-corrected chi connectivity index (χ2v) is 7.08. The molecule has 2 saturated carbocycles. The van der Waals surface area contributed by atoms with E-state index in [9.17, 15) is 0 Å². The SMILES string of the molecule is C=C(C)/C(C)=C(\Cc1cccc(C#CCC23CC2C3)c1)NNC. The summed E-state index contributed by atoms with van der Waals surface area (Å²) in [5.74, 6) is 7.76. The standard InChI is InChI=1S/C21H26N2/c1-15(2)16(3)20(23-22-4)12-18-8-5-7-17(11-18)9-6-10-21-13-19(21)14-21/h5,7-8,11,19,22-23H,1,10,12-14H2,2-4H3/b20-16+. The van der Waals surface area contributed by atoms with E-state index in [2.05, 4.69) is 60.5 Å². The highest BCUT2D eigenvalue weighted by atomic mass is 15.3. The molecular formula is C21H26N2. The predicted molar refractivity (Wildman–Crippen MR) is 96.5 cm³/mol. The highest BCUT2D eigenvalue weighted by Crippen LogP contribution is 2.77. The van der Waals surface area contributed by atoms with Gasteiger partial charge < -0.3 is 5.43 Å². The Bertz CT molecular complexity index is 709. The van der Waals surface area contributed by atoms with Gasteiger partial charge in [-0.3, -0.25) is 0 Å². The normalized spacial score (nSPS) is 24.7. The summed E-state index contributed by atoms with van der Waals surface area (Å²) in [6.45, 7) is 8.19. The summed E-state index contributed by atoms with van der Waals surface area (Å²) in [6, 6.07) is 8.56. The molecule has 0 spiro atoms. The third-order valence-electron chi connectivity index (χ3n) is 5.20. The van der Waals surface area contributed by atoms with Crippen LogP contribution in [0.1, 0.15) is 44.2 Å². The van der Waals surface area contributed by atoms with Gasteiger partial charge in [0.1, 0.15) is 0 Å². The Kier molecular flexibility index (Phi) is 4.33. The first-order valence-corrected chi connectivity index (χ1v) is 8.40. The third-order valence-corrected chi connectivity index (χ3v) is 5.20. The van der Waals surface area contributed by atoms with Crippen LogP contribution in [-0.2, 0) is 6.42 Å². The van der Waals surface area contributed by atoms with E-state index in [-0.39, 0.29) is 0 Å². The minimum Gasteiger partial charge on any atom is -0.325 e. The number of nitrogens with one attached hydrogen (secondary N) is 2. The van der Waals surface area contributed by atoms with Crippen molar-refractivity contribution >= 4 is 0 Å². The molecule has 120 valence electrons. The molecule has 0 bridgehead atoms. The Morgan fingerprint density at radius 3 is 2.70 bits per heavy atom. The van der Waals surface area contributed by atoms with Crippen molar-refractivity contribution in [3.05, 3.63) is 58.8 Å². The molecule has 1 aromatic carbocycles. The summed E-state index contributed by atoms with van der Waals surface area (Å²) in [4.78, 5) is 0. The van der Waals surface area contributed by atoms with Crippen LogP contribution in [0.5, 0.6) is 0 Å². The fraction of sp³-hybridized carbons (Fsp3) is 0.429. The van der Waals surface area contributed by atoms with Gasteiger partial charge in [-0.25, -0.2) is 5.43 Å². The number of hydrogen-bond donors (Lipinski definition) is 2. The molecule has 2 nitrogen and oxygen atoms in total. The Labute approximate surface area is 140 Å². The molecule has 0 heterocycles. The zero-order chi connectivity index (χ0) is 16.4. The monoisotopic (exact) mass is 306 g/mol. The first-order chi connectivity index (χ1) is 11.0. The highest BCUT2D eigenvalue weighted by Gasteiger charge is 2.68. The second kappa shape index (κ2) is 6.26. The molecule has 3 rings (SSSR count). The number of rotatable bonds is 6. The van der Waals surface area contributed by atoms with E-state index in [0.717, 1.165) is 35.6 Å². The van der Waals surface area contributed by atoms with E-state index in [1.54, 1.807) is 0 Å². The van der Waals surface area contributed by atoms with E-state index in [1.165, 1.54) is 24.0 Å². The van der Waals surface area contributed by atoms with Crippen LogP contribution < -0.4 is 10.9 Å². The lowest BCUT2D eigenvalue weighted by Gasteiger charge is -2.14. The lowest BCUT2D eigenvalue weighted by atomic mass is 10.0. The molecule has 2 aliphatic carbocycles. The van der Waals surface area contributed by atoms with Gasteiger partial charge in [0.2, 0.25) is 0 Å². The molecule has 0 atom stereocenters. The fourth-order valence-electron chi connectivity index (χ4n) is 3.06. The van der Waals surface area contributed by atoms with Gasteiger partial charge in [0.05, 0.1) is 0 Å². The van der Waals surface area contributed by atoms with Gasteiger partial charge in [-0.1, -0.05) is 36.1 Å². The molecule has 1 aromatic rings. The van der Waals surface area contributed by atoms with E-state index < -0.39 is 0 Å². The van der Waals surface area contributed by atoms with Gasteiger partial charge in [-0.05, 0) is 61.3 Å². The largest absolute Gasteiger partial charge is 0.325 e. The summed E-state index contributed by atoms with van der Waals surface area (Å²) in [7, 11) is 1.88. The van der Waals surface area contributed by atoms with E-state index >= 15 is 0 Å². The van der Waals surface area contributed by atoms with Crippen LogP contribution in [0.2, 0.25) is 0 Å². The molecule has 0 aromatic heterocycles. The van der Waals surface area contributed by atoms with Crippen LogP contribution in [0.3, 0.4) is 0 Å². The number of fused-ring (bicyclic) bond motifs is 1. The molecule has 2 aliphatic rings. The topological polar surface area (TPSA) is 24.1 Å².